The molecule has 146 valence electrons. The van der Waals surface area contributed by atoms with Crippen molar-refractivity contribution in [3.63, 3.8) is 0 Å². The van der Waals surface area contributed by atoms with E-state index in [0.717, 1.165) is 49.4 Å². The molecule has 0 amide bonds. The van der Waals surface area contributed by atoms with Gasteiger partial charge in [0.15, 0.2) is 5.82 Å². The molecule has 27 heavy (non-hydrogen) atoms. The zero-order chi connectivity index (χ0) is 19.5. The molecule has 1 aliphatic rings. The largest absolute Gasteiger partial charge is 0.492 e. The van der Waals surface area contributed by atoms with Gasteiger partial charge in [0.25, 0.3) is 0 Å². The quantitative estimate of drug-likeness (QED) is 0.783. The highest BCUT2D eigenvalue weighted by Crippen LogP contribution is 2.27. The first-order chi connectivity index (χ1) is 13.2. The zero-order valence-corrected chi connectivity index (χ0v) is 16.4. The van der Waals surface area contributed by atoms with E-state index in [1.165, 1.54) is 0 Å². The van der Waals surface area contributed by atoms with Crippen molar-refractivity contribution in [3.05, 3.63) is 48.4 Å². The van der Waals surface area contributed by atoms with E-state index in [0.29, 0.717) is 18.5 Å². The summed E-state index contributed by atoms with van der Waals surface area (Å²) in [6.45, 7) is 14.9. The van der Waals surface area contributed by atoms with E-state index in [-0.39, 0.29) is 0 Å². The third-order valence-corrected chi connectivity index (χ3v) is 4.35. The van der Waals surface area contributed by atoms with E-state index in [2.05, 4.69) is 47.0 Å². The van der Waals surface area contributed by atoms with Crippen LogP contribution in [0, 0.1) is 0 Å². The van der Waals surface area contributed by atoms with Crippen molar-refractivity contribution < 1.29 is 4.74 Å². The van der Waals surface area contributed by atoms with Crippen LogP contribution < -0.4 is 10.6 Å². The highest BCUT2D eigenvalue weighted by atomic mass is 16.5. The minimum atomic E-state index is 0.462. The van der Waals surface area contributed by atoms with Gasteiger partial charge >= 0.3 is 0 Å². The molecule has 1 aliphatic heterocycles. The van der Waals surface area contributed by atoms with Gasteiger partial charge in [0, 0.05) is 30.9 Å². The van der Waals surface area contributed by atoms with Crippen LogP contribution in [0.2, 0.25) is 0 Å². The van der Waals surface area contributed by atoms with Gasteiger partial charge in [-0.25, -0.2) is 9.67 Å². The lowest BCUT2D eigenvalue weighted by molar-refractivity contribution is 0.224. The molecule has 0 saturated carbocycles. The van der Waals surface area contributed by atoms with Gasteiger partial charge in [-0.1, -0.05) is 18.7 Å². The van der Waals surface area contributed by atoms with Gasteiger partial charge in [0.1, 0.15) is 12.4 Å². The number of hydrogen-bond acceptors (Lipinski definition) is 5. The summed E-state index contributed by atoms with van der Waals surface area (Å²) in [5.41, 5.74) is 1.93. The Bertz CT molecular complexity index is 714. The zero-order valence-electron chi connectivity index (χ0n) is 16.4. The Balaban J connectivity index is 2.27. The Morgan fingerprint density at radius 2 is 2.26 bits per heavy atom. The Morgan fingerprint density at radius 1 is 1.41 bits per heavy atom. The molecule has 1 atom stereocenters. The Morgan fingerprint density at radius 3 is 3.04 bits per heavy atom. The summed E-state index contributed by atoms with van der Waals surface area (Å²) in [5.74, 6) is 1.48. The van der Waals surface area contributed by atoms with E-state index in [9.17, 15) is 0 Å². The number of ether oxygens (including phenoxy) is 1. The fourth-order valence-electron chi connectivity index (χ4n) is 2.87. The Hall–Kier alpha value is -2.44. The van der Waals surface area contributed by atoms with Gasteiger partial charge in [-0.15, -0.1) is 0 Å². The molecule has 2 N–H and O–H groups in total. The smallest absolute Gasteiger partial charge is 0.161 e. The SMILES string of the molecule is C=C/C=C1\C=C(/C)c2cnn(c2N=C)/C=C\CN[C@@H](C)CCCNCCO1. The third-order valence-electron chi connectivity index (χ3n) is 4.35. The van der Waals surface area contributed by atoms with Crippen LogP contribution in [-0.4, -0.2) is 48.8 Å². The number of hydrogen-bond donors (Lipinski definition) is 2. The summed E-state index contributed by atoms with van der Waals surface area (Å²) in [6, 6.07) is 0.462. The highest BCUT2D eigenvalue weighted by Gasteiger charge is 2.10. The van der Waals surface area contributed by atoms with Crippen molar-refractivity contribution >= 4 is 24.3 Å². The number of allylic oxidation sites excluding steroid dienone is 4. The first kappa shape index (κ1) is 20.9. The van der Waals surface area contributed by atoms with Crippen LogP contribution in [0.15, 0.2) is 47.8 Å². The second kappa shape index (κ2) is 11.3. The normalized spacial score (nSPS) is 24.7. The van der Waals surface area contributed by atoms with Crippen LogP contribution in [-0.2, 0) is 4.74 Å². The summed E-state index contributed by atoms with van der Waals surface area (Å²) >= 11 is 0. The van der Waals surface area contributed by atoms with Gasteiger partial charge in [0.05, 0.1) is 6.20 Å². The maximum Gasteiger partial charge on any atom is 0.161 e. The van der Waals surface area contributed by atoms with Crippen LogP contribution in [0.25, 0.3) is 11.8 Å². The molecule has 0 unspecified atom stereocenters. The highest BCUT2D eigenvalue weighted by molar-refractivity contribution is 5.74. The lowest BCUT2D eigenvalue weighted by Crippen LogP contribution is -2.28. The van der Waals surface area contributed by atoms with Crippen molar-refractivity contribution in [3.8, 4) is 0 Å². The van der Waals surface area contributed by atoms with E-state index in [1.807, 2.05) is 25.3 Å². The van der Waals surface area contributed by atoms with Gasteiger partial charge < -0.3 is 15.4 Å². The minimum Gasteiger partial charge on any atom is -0.492 e. The number of rotatable bonds is 2. The van der Waals surface area contributed by atoms with Crippen molar-refractivity contribution in [2.45, 2.75) is 32.7 Å². The number of aromatic nitrogens is 2. The molecule has 0 aliphatic carbocycles. The maximum absolute atomic E-state index is 5.89. The summed E-state index contributed by atoms with van der Waals surface area (Å²) in [7, 11) is 0. The molecule has 0 aromatic carbocycles. The number of nitrogens with zero attached hydrogens (tertiary/aromatic N) is 3. The minimum absolute atomic E-state index is 0.462. The molecule has 6 heteroatoms. The fourth-order valence-corrected chi connectivity index (χ4v) is 2.87. The Labute approximate surface area is 162 Å². The van der Waals surface area contributed by atoms with Gasteiger partial charge in [-0.3, -0.25) is 0 Å². The average Bonchev–Trinajstić information content (AvgIpc) is 3.06. The standard InChI is InChI=1S/C21H31N5O/c1-5-8-19-15-17(2)20-16-25-26(21(20)22-4)13-7-11-24-18(3)9-6-10-23-12-14-27-19/h5,7-8,13,15-16,18,23-24H,1,4,6,9-12,14H2,2-3H3/b13-7-,17-15+,19-8+/t18-/m0/s1. The molecular weight excluding hydrogens is 338 g/mol. The predicted molar refractivity (Wildman–Crippen MR) is 114 cm³/mol. The monoisotopic (exact) mass is 369 g/mol. The number of nitrogens with one attached hydrogen (secondary N) is 2. The first-order valence-electron chi connectivity index (χ1n) is 9.45. The molecule has 2 heterocycles. The van der Waals surface area contributed by atoms with Gasteiger partial charge in [0.2, 0.25) is 0 Å². The van der Waals surface area contributed by atoms with Gasteiger partial charge in [-0.05, 0) is 57.7 Å². The summed E-state index contributed by atoms with van der Waals surface area (Å²) in [4.78, 5) is 4.17. The molecule has 1 aromatic rings. The third kappa shape index (κ3) is 6.66. The molecule has 0 fully saturated rings. The van der Waals surface area contributed by atoms with Crippen molar-refractivity contribution in [2.75, 3.05) is 26.2 Å². The van der Waals surface area contributed by atoms with E-state index in [4.69, 9.17) is 4.74 Å². The van der Waals surface area contributed by atoms with Crippen molar-refractivity contribution in [1.29, 1.82) is 0 Å². The topological polar surface area (TPSA) is 63.5 Å². The van der Waals surface area contributed by atoms with Crippen LogP contribution in [0.5, 0.6) is 0 Å². The van der Waals surface area contributed by atoms with Crippen LogP contribution in [0.4, 0.5) is 5.82 Å². The van der Waals surface area contributed by atoms with Crippen molar-refractivity contribution in [2.24, 2.45) is 4.99 Å². The number of aliphatic imine (C=N–C) groups is 1. The molecule has 0 radical (unpaired) electrons. The van der Waals surface area contributed by atoms with E-state index >= 15 is 0 Å². The maximum atomic E-state index is 5.89. The van der Waals surface area contributed by atoms with Crippen LogP contribution in [0.3, 0.4) is 0 Å². The molecule has 0 saturated heterocycles. The van der Waals surface area contributed by atoms with E-state index < -0.39 is 0 Å². The van der Waals surface area contributed by atoms with Gasteiger partial charge in [-0.2, -0.15) is 5.10 Å². The predicted octanol–water partition coefficient (Wildman–Crippen LogP) is 3.54. The molecule has 6 nitrogen and oxygen atoms in total. The lowest BCUT2D eigenvalue weighted by Gasteiger charge is -2.13. The summed E-state index contributed by atoms with van der Waals surface area (Å²) in [5, 5.41) is 11.3. The summed E-state index contributed by atoms with van der Waals surface area (Å²) in [6.07, 6.45) is 13.6. The second-order valence-electron chi connectivity index (χ2n) is 6.55. The summed E-state index contributed by atoms with van der Waals surface area (Å²) < 4.78 is 7.64. The lowest BCUT2D eigenvalue weighted by atomic mass is 10.1. The van der Waals surface area contributed by atoms with E-state index in [1.54, 1.807) is 17.0 Å². The average molecular weight is 370 g/mol. The molecule has 2 bridgehead atoms. The van der Waals surface area contributed by atoms with Crippen LogP contribution >= 0.6 is 0 Å². The molecule has 0 spiro atoms. The molecular formula is C21H31N5O. The number of fused-ring (bicyclic) bond motifs is 2. The first-order valence-corrected chi connectivity index (χ1v) is 9.45. The second-order valence-corrected chi connectivity index (χ2v) is 6.55. The molecule has 1 aromatic heterocycles. The molecule has 2 rings (SSSR count). The Kier molecular flexibility index (Phi) is 8.74. The van der Waals surface area contributed by atoms with Crippen molar-refractivity contribution in [1.82, 2.24) is 20.4 Å². The van der Waals surface area contributed by atoms with Crippen LogP contribution in [0.1, 0.15) is 32.3 Å². The fraction of sp³-hybridized carbons (Fsp3) is 0.429.